The van der Waals surface area contributed by atoms with Crippen molar-refractivity contribution < 1.29 is 28.9 Å². The molecule has 10 heteroatoms. The molecule has 1 unspecified atom stereocenters. The normalized spacial score (nSPS) is 19.7. The second-order valence-corrected chi connectivity index (χ2v) is 10.2. The number of ether oxygens (including phenoxy) is 1. The predicted molar refractivity (Wildman–Crippen MR) is 135 cm³/mol. The van der Waals surface area contributed by atoms with E-state index in [4.69, 9.17) is 9.72 Å². The summed E-state index contributed by atoms with van der Waals surface area (Å²) in [7, 11) is 0. The number of aryl methyl sites for hydroxylation is 1. The molecule has 7 rings (SSSR count). The highest BCUT2D eigenvalue weighted by atomic mass is 19.1. The number of cyclic esters (lactones) is 1. The summed E-state index contributed by atoms with van der Waals surface area (Å²) in [6.45, 7) is 6.08. The number of carbonyl (C=O) groups excluding carboxylic acids is 2. The quantitative estimate of drug-likeness (QED) is 0.368. The highest BCUT2D eigenvalue weighted by Crippen LogP contribution is 2.51. The SMILES string of the molecule is CC.Cc1c(F)cc2nc3c(c4c2c1CCC41CN(C(=O)CO)C1)Cn1c-3cc2c(c1=O)COC(=O)C2O. The zero-order chi connectivity index (χ0) is 27.1. The number of halogens is 1. The van der Waals surface area contributed by atoms with Crippen LogP contribution in [0.15, 0.2) is 16.9 Å². The van der Waals surface area contributed by atoms with Crippen LogP contribution in [0.3, 0.4) is 0 Å². The Kier molecular flexibility index (Phi) is 5.48. The second kappa shape index (κ2) is 8.44. The number of amides is 1. The average Bonchev–Trinajstić information content (AvgIpc) is 3.27. The number of aromatic nitrogens is 2. The van der Waals surface area contributed by atoms with Gasteiger partial charge in [-0.15, -0.1) is 0 Å². The van der Waals surface area contributed by atoms with Gasteiger partial charge in [0.25, 0.3) is 5.56 Å². The van der Waals surface area contributed by atoms with Gasteiger partial charge in [0.05, 0.1) is 29.0 Å². The van der Waals surface area contributed by atoms with E-state index in [0.717, 1.165) is 22.1 Å². The fraction of sp³-hybridized carbons (Fsp3) is 0.429. The Bertz CT molecular complexity index is 1620. The third kappa shape index (κ3) is 3.10. The number of likely N-dealkylation sites (tertiary alicyclic amines) is 1. The maximum atomic E-state index is 14.9. The third-order valence-electron chi connectivity index (χ3n) is 8.43. The van der Waals surface area contributed by atoms with Crippen LogP contribution in [0, 0.1) is 12.7 Å². The number of fused-ring (bicyclic) bond motifs is 6. The molecule has 1 aliphatic carbocycles. The fourth-order valence-electron chi connectivity index (χ4n) is 6.60. The lowest BCUT2D eigenvalue weighted by Gasteiger charge is -2.53. The van der Waals surface area contributed by atoms with Crippen LogP contribution < -0.4 is 5.56 Å². The Morgan fingerprint density at radius 3 is 2.66 bits per heavy atom. The van der Waals surface area contributed by atoms with Crippen LogP contribution in [0.1, 0.15) is 59.8 Å². The number of aliphatic hydroxyl groups is 2. The van der Waals surface area contributed by atoms with E-state index in [1.165, 1.54) is 6.07 Å². The molecule has 5 heterocycles. The molecule has 1 fully saturated rings. The summed E-state index contributed by atoms with van der Waals surface area (Å²) in [5, 5.41) is 20.6. The van der Waals surface area contributed by atoms with E-state index in [-0.39, 0.29) is 41.6 Å². The van der Waals surface area contributed by atoms with Crippen LogP contribution in [0.4, 0.5) is 4.39 Å². The van der Waals surface area contributed by atoms with Crippen LogP contribution in [0.5, 0.6) is 0 Å². The van der Waals surface area contributed by atoms with Crippen molar-refractivity contribution in [3.05, 3.63) is 61.7 Å². The Morgan fingerprint density at radius 1 is 1.21 bits per heavy atom. The van der Waals surface area contributed by atoms with Crippen LogP contribution in [-0.2, 0) is 39.3 Å². The molecule has 3 aromatic rings. The van der Waals surface area contributed by atoms with Crippen molar-refractivity contribution in [1.29, 1.82) is 0 Å². The summed E-state index contributed by atoms with van der Waals surface area (Å²) in [5.74, 6) is -1.50. The van der Waals surface area contributed by atoms with Crippen molar-refractivity contribution in [2.24, 2.45) is 0 Å². The number of rotatable bonds is 1. The van der Waals surface area contributed by atoms with Gasteiger partial charge >= 0.3 is 5.97 Å². The van der Waals surface area contributed by atoms with Crippen LogP contribution in [0.25, 0.3) is 22.3 Å². The van der Waals surface area contributed by atoms with Crippen molar-refractivity contribution in [2.45, 2.75) is 58.3 Å². The summed E-state index contributed by atoms with van der Waals surface area (Å²) >= 11 is 0. The van der Waals surface area contributed by atoms with Gasteiger partial charge in [-0.2, -0.15) is 0 Å². The van der Waals surface area contributed by atoms with Gasteiger partial charge in [-0.05, 0) is 42.5 Å². The molecule has 0 radical (unpaired) electrons. The molecule has 1 amide bonds. The topological polar surface area (TPSA) is 122 Å². The van der Waals surface area contributed by atoms with Crippen LogP contribution in [0.2, 0.25) is 0 Å². The first-order valence-corrected chi connectivity index (χ1v) is 12.9. The smallest absolute Gasteiger partial charge is 0.340 e. The lowest BCUT2D eigenvalue weighted by atomic mass is 9.63. The van der Waals surface area contributed by atoms with Crippen molar-refractivity contribution >= 4 is 22.8 Å². The Balaban J connectivity index is 0.00000129. The van der Waals surface area contributed by atoms with Gasteiger partial charge in [0.2, 0.25) is 5.91 Å². The average molecular weight is 522 g/mol. The molecule has 0 saturated carbocycles. The van der Waals surface area contributed by atoms with E-state index >= 15 is 0 Å². The highest BCUT2D eigenvalue weighted by molar-refractivity contribution is 5.94. The lowest BCUT2D eigenvalue weighted by Crippen LogP contribution is -2.63. The second-order valence-electron chi connectivity index (χ2n) is 10.2. The number of pyridine rings is 2. The van der Waals surface area contributed by atoms with E-state index in [9.17, 15) is 29.0 Å². The summed E-state index contributed by atoms with van der Waals surface area (Å²) in [6, 6.07) is 3.03. The van der Waals surface area contributed by atoms with E-state index < -0.39 is 24.1 Å². The Labute approximate surface area is 217 Å². The molecule has 9 nitrogen and oxygen atoms in total. The summed E-state index contributed by atoms with van der Waals surface area (Å²) < 4.78 is 21.5. The van der Waals surface area contributed by atoms with Crippen molar-refractivity contribution in [3.63, 3.8) is 0 Å². The molecule has 1 aromatic carbocycles. The molecule has 2 N–H and O–H groups in total. The maximum Gasteiger partial charge on any atom is 0.340 e. The Morgan fingerprint density at radius 2 is 1.95 bits per heavy atom. The first-order valence-electron chi connectivity index (χ1n) is 12.9. The Hall–Kier alpha value is -3.63. The van der Waals surface area contributed by atoms with Gasteiger partial charge in [0.15, 0.2) is 6.10 Å². The molecule has 1 saturated heterocycles. The van der Waals surface area contributed by atoms with E-state index in [1.807, 2.05) is 13.8 Å². The van der Waals surface area contributed by atoms with Gasteiger partial charge in [-0.3, -0.25) is 9.59 Å². The lowest BCUT2D eigenvalue weighted by molar-refractivity contribution is -0.157. The van der Waals surface area contributed by atoms with E-state index in [2.05, 4.69) is 0 Å². The fourth-order valence-corrected chi connectivity index (χ4v) is 6.60. The first-order chi connectivity index (χ1) is 18.2. The van der Waals surface area contributed by atoms with Gasteiger partial charge in [-0.25, -0.2) is 14.2 Å². The zero-order valence-electron chi connectivity index (χ0n) is 21.4. The molecule has 1 atom stereocenters. The number of nitrogens with zero attached hydrogens (tertiary/aromatic N) is 3. The van der Waals surface area contributed by atoms with Gasteiger partial charge < -0.3 is 24.4 Å². The maximum absolute atomic E-state index is 14.9. The minimum atomic E-state index is -1.56. The number of hydrogen-bond acceptors (Lipinski definition) is 7. The standard InChI is InChI=1S/C26H22FN3O6.C2H6/c1-11-12-2-3-26(9-29(10-26)19(32)7-31)21-14-6-30-18(22(14)28-17(20(12)21)5-16(11)27)4-13-15(24(30)34)8-36-25(35)23(13)33;1-2/h4-5,23,31,33H,2-3,6-10H2,1H3;1-2H3. The van der Waals surface area contributed by atoms with Crippen molar-refractivity contribution in [1.82, 2.24) is 14.5 Å². The van der Waals surface area contributed by atoms with Gasteiger partial charge in [0, 0.05) is 41.1 Å². The number of benzene rings is 1. The van der Waals surface area contributed by atoms with Gasteiger partial charge in [0.1, 0.15) is 19.0 Å². The van der Waals surface area contributed by atoms with E-state index in [1.54, 1.807) is 22.5 Å². The van der Waals surface area contributed by atoms with Crippen LogP contribution in [-0.4, -0.2) is 56.2 Å². The molecule has 3 aliphatic heterocycles. The highest BCUT2D eigenvalue weighted by Gasteiger charge is 2.51. The van der Waals surface area contributed by atoms with Crippen LogP contribution >= 0.6 is 0 Å². The minimum Gasteiger partial charge on any atom is -0.458 e. The minimum absolute atomic E-state index is 0.208. The first kappa shape index (κ1) is 24.7. The molecule has 0 bridgehead atoms. The van der Waals surface area contributed by atoms with Crippen molar-refractivity contribution in [3.8, 4) is 11.4 Å². The summed E-state index contributed by atoms with van der Waals surface area (Å²) in [5.41, 5.74) is 4.43. The molecular weight excluding hydrogens is 493 g/mol. The van der Waals surface area contributed by atoms with Gasteiger partial charge in [-0.1, -0.05) is 13.8 Å². The molecule has 2 aromatic heterocycles. The molecule has 38 heavy (non-hydrogen) atoms. The molecule has 198 valence electrons. The predicted octanol–water partition coefficient (Wildman–Crippen LogP) is 2.01. The summed E-state index contributed by atoms with van der Waals surface area (Å²) in [4.78, 5) is 44.0. The van der Waals surface area contributed by atoms with E-state index in [0.29, 0.717) is 48.4 Å². The largest absolute Gasteiger partial charge is 0.458 e. The number of carbonyl (C=O) groups is 2. The monoisotopic (exact) mass is 521 g/mol. The molecular formula is C28H28FN3O6. The van der Waals surface area contributed by atoms with Crippen molar-refractivity contribution in [2.75, 3.05) is 19.7 Å². The zero-order valence-corrected chi connectivity index (χ0v) is 21.4. The molecule has 1 spiro atoms. The molecule has 4 aliphatic rings. The summed E-state index contributed by atoms with van der Waals surface area (Å²) in [6.07, 6.45) is -0.215. The number of esters is 1. The number of hydrogen-bond donors (Lipinski definition) is 2. The number of aliphatic hydroxyl groups excluding tert-OH is 2. The third-order valence-corrected chi connectivity index (χ3v) is 8.43.